The van der Waals surface area contributed by atoms with Crippen molar-refractivity contribution >= 4 is 16.7 Å². The Morgan fingerprint density at radius 3 is 2.31 bits per heavy atom. The highest BCUT2D eigenvalue weighted by molar-refractivity contribution is 7.98. The number of carbonyl (C=O) groups excluding carboxylic acids is 1. The third-order valence-electron chi connectivity index (χ3n) is 3.82. The van der Waals surface area contributed by atoms with Crippen LogP contribution < -0.4 is 0 Å². The molecule has 1 saturated carbocycles. The smallest absolute Gasteiger partial charge is 0.277 e. The maximum absolute atomic E-state index is 12.4. The summed E-state index contributed by atoms with van der Waals surface area (Å²) in [5, 5.41) is 0. The highest BCUT2D eigenvalue weighted by Crippen LogP contribution is 2.29. The Morgan fingerprint density at radius 2 is 1.75 bits per heavy atom. The summed E-state index contributed by atoms with van der Waals surface area (Å²) >= 11 is 0. The van der Waals surface area contributed by atoms with Gasteiger partial charge in [-0.3, -0.25) is 4.79 Å². The molecule has 0 aromatic heterocycles. The number of ketones is 1. The molecule has 0 bridgehead atoms. The van der Waals surface area contributed by atoms with Crippen molar-refractivity contribution in [2.45, 2.75) is 50.4 Å². The minimum atomic E-state index is -0.0643. The largest absolute Gasteiger partial charge is 0.331 e. The van der Waals surface area contributed by atoms with Crippen molar-refractivity contribution in [1.82, 2.24) is 0 Å². The molecule has 2 aliphatic rings. The molecule has 2 rings (SSSR count). The zero-order chi connectivity index (χ0) is 11.4. The van der Waals surface area contributed by atoms with E-state index in [0.29, 0.717) is 11.7 Å². The topological polar surface area (TPSA) is 26.3 Å². The van der Waals surface area contributed by atoms with Gasteiger partial charge in [0.2, 0.25) is 5.78 Å². The van der Waals surface area contributed by atoms with Gasteiger partial charge in [-0.25, -0.2) is 0 Å². The molecule has 92 valence electrons. The molecule has 0 aromatic rings. The number of Topliss-reactive ketones (excluding diaryl/α,β-unsaturated/α-hetero) is 1. The first-order valence-electron chi connectivity index (χ1n) is 6.55. The zero-order valence-corrected chi connectivity index (χ0v) is 11.1. The average molecular weight is 243 g/mol. The molecule has 2 nitrogen and oxygen atoms in total. The minimum absolute atomic E-state index is 0.0643. The van der Waals surface area contributed by atoms with Gasteiger partial charge in [0.1, 0.15) is 11.5 Å². The van der Waals surface area contributed by atoms with E-state index in [1.807, 2.05) is 0 Å². The van der Waals surface area contributed by atoms with Gasteiger partial charge in [0, 0.05) is 23.9 Å². The van der Waals surface area contributed by atoms with E-state index < -0.39 is 0 Å². The van der Waals surface area contributed by atoms with Crippen LogP contribution in [-0.4, -0.2) is 29.8 Å². The Morgan fingerprint density at radius 1 is 1.12 bits per heavy atom. The molecule has 1 unspecified atom stereocenters. The van der Waals surface area contributed by atoms with E-state index in [1.165, 1.54) is 43.6 Å². The lowest BCUT2D eigenvalue weighted by Gasteiger charge is -2.23. The van der Waals surface area contributed by atoms with Gasteiger partial charge < -0.3 is 4.74 Å². The highest BCUT2D eigenvalue weighted by atomic mass is 32.2. The van der Waals surface area contributed by atoms with Gasteiger partial charge in [0.25, 0.3) is 5.44 Å². The van der Waals surface area contributed by atoms with Crippen LogP contribution in [0.4, 0.5) is 0 Å². The van der Waals surface area contributed by atoms with E-state index in [0.717, 1.165) is 12.8 Å². The van der Waals surface area contributed by atoms with E-state index in [-0.39, 0.29) is 16.3 Å². The van der Waals surface area contributed by atoms with Crippen LogP contribution in [0.2, 0.25) is 0 Å². The van der Waals surface area contributed by atoms with Crippen LogP contribution in [0.3, 0.4) is 0 Å². The Kier molecular flexibility index (Phi) is 4.71. The summed E-state index contributed by atoms with van der Waals surface area (Å²) in [7, 11) is 1.95. The Balaban J connectivity index is 1.93. The summed E-state index contributed by atoms with van der Waals surface area (Å²) in [6.45, 7) is 0. The highest BCUT2D eigenvalue weighted by Gasteiger charge is 2.42. The van der Waals surface area contributed by atoms with Gasteiger partial charge in [0.05, 0.1) is 0 Å². The lowest BCUT2D eigenvalue weighted by molar-refractivity contribution is -0.129. The van der Waals surface area contributed by atoms with Crippen LogP contribution in [0, 0.1) is 5.92 Å². The first kappa shape index (κ1) is 12.4. The van der Waals surface area contributed by atoms with Crippen molar-refractivity contribution < 1.29 is 9.53 Å². The second kappa shape index (κ2) is 6.06. The number of hydrogen-bond acceptors (Lipinski definition) is 2. The van der Waals surface area contributed by atoms with E-state index in [9.17, 15) is 4.79 Å². The molecule has 16 heavy (non-hydrogen) atoms. The normalized spacial score (nSPS) is 25.8. The Labute approximate surface area is 101 Å². The fourth-order valence-corrected chi connectivity index (χ4v) is 5.46. The predicted octanol–water partition coefficient (Wildman–Crippen LogP) is 2.52. The van der Waals surface area contributed by atoms with Crippen molar-refractivity contribution in [3.8, 4) is 0 Å². The maximum atomic E-state index is 12.4. The van der Waals surface area contributed by atoms with Crippen LogP contribution >= 0.6 is 0 Å². The molecule has 1 aliphatic heterocycles. The molecule has 0 amide bonds. The third-order valence-corrected chi connectivity index (χ3v) is 6.48. The Hall–Kier alpha value is -0.0200. The van der Waals surface area contributed by atoms with Gasteiger partial charge in [0.15, 0.2) is 0 Å². The summed E-state index contributed by atoms with van der Waals surface area (Å²) in [5.74, 6) is 3.17. The second-order valence-corrected chi connectivity index (χ2v) is 7.28. The number of rotatable bonds is 4. The summed E-state index contributed by atoms with van der Waals surface area (Å²) in [6.07, 6.45) is 8.59. The first-order chi connectivity index (χ1) is 7.83. The number of carbonyl (C=O) groups is 1. The molecule has 0 spiro atoms. The van der Waals surface area contributed by atoms with Crippen LogP contribution in [0.15, 0.2) is 0 Å². The van der Waals surface area contributed by atoms with Gasteiger partial charge in [-0.15, -0.1) is 0 Å². The van der Waals surface area contributed by atoms with Crippen LogP contribution in [-0.2, 0) is 20.4 Å². The van der Waals surface area contributed by atoms with E-state index in [2.05, 4.69) is 0 Å². The Bertz CT molecular complexity index is 230. The predicted molar refractivity (Wildman–Crippen MR) is 68.7 cm³/mol. The molecule has 1 atom stereocenters. The fraction of sp³-hybridized carbons (Fsp3) is 0.923. The van der Waals surface area contributed by atoms with Gasteiger partial charge in [-0.1, -0.05) is 19.3 Å². The monoisotopic (exact) mass is 243 g/mol. The molecular weight excluding hydrogens is 220 g/mol. The summed E-state index contributed by atoms with van der Waals surface area (Å²) < 4.78 is 5.51. The van der Waals surface area contributed by atoms with Gasteiger partial charge >= 0.3 is 0 Å². The molecular formula is C13H23O2S+. The number of methoxy groups -OCH3 is 1. The summed E-state index contributed by atoms with van der Waals surface area (Å²) in [5.41, 5.74) is -0.0643. The van der Waals surface area contributed by atoms with Crippen LogP contribution in [0.5, 0.6) is 0 Å². The lowest BCUT2D eigenvalue weighted by atomic mass is 9.86. The molecule has 0 N–H and O–H groups in total. The van der Waals surface area contributed by atoms with Gasteiger partial charge in [-0.05, 0) is 25.7 Å². The van der Waals surface area contributed by atoms with Crippen molar-refractivity contribution in [2.24, 2.45) is 5.92 Å². The van der Waals surface area contributed by atoms with Gasteiger partial charge in [-0.2, -0.15) is 0 Å². The van der Waals surface area contributed by atoms with Crippen molar-refractivity contribution in [2.75, 3.05) is 18.6 Å². The van der Waals surface area contributed by atoms with E-state index >= 15 is 0 Å². The van der Waals surface area contributed by atoms with Crippen molar-refractivity contribution in [3.05, 3.63) is 0 Å². The van der Waals surface area contributed by atoms with Crippen molar-refractivity contribution in [1.29, 1.82) is 0 Å². The zero-order valence-electron chi connectivity index (χ0n) is 10.2. The average Bonchev–Trinajstić information content (AvgIpc) is 2.85. The molecule has 0 radical (unpaired) electrons. The molecule has 0 aromatic carbocycles. The quantitative estimate of drug-likeness (QED) is 0.709. The SMILES string of the molecule is COC(C(=O)C1CCCCC1)[S+]1CCCC1. The lowest BCUT2D eigenvalue weighted by Crippen LogP contribution is -2.38. The molecule has 1 aliphatic carbocycles. The number of ether oxygens (including phenoxy) is 1. The number of hydrogen-bond donors (Lipinski definition) is 0. The van der Waals surface area contributed by atoms with Crippen molar-refractivity contribution in [3.63, 3.8) is 0 Å². The second-order valence-electron chi connectivity index (χ2n) is 4.96. The van der Waals surface area contributed by atoms with Crippen LogP contribution in [0.25, 0.3) is 0 Å². The first-order valence-corrected chi connectivity index (χ1v) is 8.18. The maximum Gasteiger partial charge on any atom is 0.277 e. The third kappa shape index (κ3) is 2.80. The van der Waals surface area contributed by atoms with Crippen LogP contribution in [0.1, 0.15) is 44.9 Å². The fourth-order valence-electron chi connectivity index (χ4n) is 2.89. The standard InChI is InChI=1S/C13H23O2S/c1-15-13(16-9-5-6-10-16)12(14)11-7-3-2-4-8-11/h11,13H,2-10H2,1H3/q+1. The minimum Gasteiger partial charge on any atom is -0.331 e. The summed E-state index contributed by atoms with van der Waals surface area (Å²) in [6, 6.07) is 0. The molecule has 1 heterocycles. The molecule has 2 fully saturated rings. The van der Waals surface area contributed by atoms with E-state index in [1.54, 1.807) is 7.11 Å². The van der Waals surface area contributed by atoms with E-state index in [4.69, 9.17) is 4.74 Å². The molecule has 1 saturated heterocycles. The molecule has 3 heteroatoms. The summed E-state index contributed by atoms with van der Waals surface area (Å²) in [4.78, 5) is 12.4.